The Morgan fingerprint density at radius 3 is 2.50 bits per heavy atom. The van der Waals surface area contributed by atoms with Crippen molar-refractivity contribution in [2.24, 2.45) is 10.1 Å². The van der Waals surface area contributed by atoms with Gasteiger partial charge in [-0.1, -0.05) is 30.0 Å². The lowest BCUT2D eigenvalue weighted by Crippen LogP contribution is -2.40. The fourth-order valence-electron chi connectivity index (χ4n) is 5.10. The van der Waals surface area contributed by atoms with Crippen LogP contribution in [0, 0.1) is 11.3 Å². The quantitative estimate of drug-likeness (QED) is 0.290. The van der Waals surface area contributed by atoms with Crippen LogP contribution in [0.4, 0.5) is 16.2 Å². The number of nitrogens with one attached hydrogen (secondary N) is 1. The SMILES string of the molecule is CN1N=C(c2ccc3c(c2)CCCN3C(=NCc2ccc(NS(C)(=O)=O)cc2)c2ccc(C#N)cc2)C(C)(C)SC1=O. The molecule has 1 amide bonds. The van der Waals surface area contributed by atoms with Gasteiger partial charge in [0.15, 0.2) is 0 Å². The number of nitriles is 1. The van der Waals surface area contributed by atoms with Crippen molar-refractivity contribution in [2.45, 2.75) is 38.0 Å². The Morgan fingerprint density at radius 1 is 1.12 bits per heavy atom. The van der Waals surface area contributed by atoms with Crippen LogP contribution in [-0.2, 0) is 23.0 Å². The highest BCUT2D eigenvalue weighted by molar-refractivity contribution is 8.15. The van der Waals surface area contributed by atoms with Gasteiger partial charge in [0, 0.05) is 30.5 Å². The Labute approximate surface area is 251 Å². The van der Waals surface area contributed by atoms with Crippen molar-refractivity contribution < 1.29 is 13.2 Å². The normalized spacial score (nSPS) is 16.9. The highest BCUT2D eigenvalue weighted by Gasteiger charge is 2.37. The smallest absolute Gasteiger partial charge is 0.302 e. The topological polar surface area (TPSA) is 118 Å². The first kappa shape index (κ1) is 29.4. The number of hydrogen-bond donors (Lipinski definition) is 1. The summed E-state index contributed by atoms with van der Waals surface area (Å²) in [7, 11) is -1.67. The minimum atomic E-state index is -3.36. The van der Waals surface area contributed by atoms with Gasteiger partial charge in [0.2, 0.25) is 10.0 Å². The Kier molecular flexibility index (Phi) is 8.12. The Balaban J connectivity index is 1.50. The lowest BCUT2D eigenvalue weighted by Gasteiger charge is -2.35. The summed E-state index contributed by atoms with van der Waals surface area (Å²) in [4.78, 5) is 19.5. The van der Waals surface area contributed by atoms with Crippen LogP contribution in [-0.4, -0.2) is 54.8 Å². The van der Waals surface area contributed by atoms with E-state index in [4.69, 9.17) is 4.99 Å². The summed E-state index contributed by atoms with van der Waals surface area (Å²) in [5, 5.41) is 15.3. The number of rotatable bonds is 6. The van der Waals surface area contributed by atoms with Crippen LogP contribution < -0.4 is 9.62 Å². The third-order valence-corrected chi connectivity index (χ3v) is 8.84. The number of aryl methyl sites for hydroxylation is 1. The summed E-state index contributed by atoms with van der Waals surface area (Å²) in [6, 6.07) is 23.1. The molecule has 3 aromatic carbocycles. The average Bonchev–Trinajstić information content (AvgIpc) is 2.95. The molecular formula is C31H32N6O3S2. The Bertz CT molecular complexity index is 1720. The maximum Gasteiger partial charge on any atom is 0.302 e. The van der Waals surface area contributed by atoms with E-state index in [1.54, 1.807) is 31.3 Å². The van der Waals surface area contributed by atoms with Crippen LogP contribution in [0.3, 0.4) is 0 Å². The van der Waals surface area contributed by atoms with E-state index in [9.17, 15) is 18.5 Å². The summed E-state index contributed by atoms with van der Waals surface area (Å²) in [5.41, 5.74) is 7.01. The molecule has 42 heavy (non-hydrogen) atoms. The first-order chi connectivity index (χ1) is 19.9. The average molecular weight is 601 g/mol. The van der Waals surface area contributed by atoms with Crippen LogP contribution in [0.15, 0.2) is 76.8 Å². The van der Waals surface area contributed by atoms with Gasteiger partial charge in [0.05, 0.1) is 34.9 Å². The number of anilines is 2. The molecule has 11 heteroatoms. The standard InChI is InChI=1S/C31H32N6O3S2/c1-31(2)28(34-36(3)30(38)41-31)25-13-16-27-24(18-25)6-5-17-37(27)29(23-11-7-21(19-32)8-12-23)33-20-22-9-14-26(15-10-22)35-42(4,39)40/h7-16,18,35H,5-6,17,20H2,1-4H3. The van der Waals surface area contributed by atoms with Crippen molar-refractivity contribution in [1.82, 2.24) is 5.01 Å². The zero-order valence-corrected chi connectivity index (χ0v) is 25.6. The maximum atomic E-state index is 12.3. The number of hydrogen-bond acceptors (Lipinski definition) is 7. The monoisotopic (exact) mass is 600 g/mol. The molecular weight excluding hydrogens is 569 g/mol. The molecule has 0 radical (unpaired) electrons. The van der Waals surface area contributed by atoms with Crippen LogP contribution in [0.1, 0.15) is 48.1 Å². The molecule has 216 valence electrons. The molecule has 0 fully saturated rings. The first-order valence-electron chi connectivity index (χ1n) is 13.5. The predicted octanol–water partition coefficient (Wildman–Crippen LogP) is 5.61. The first-order valence-corrected chi connectivity index (χ1v) is 16.2. The third kappa shape index (κ3) is 6.50. The number of sulfonamides is 1. The number of carbonyl (C=O) groups is 1. The van der Waals surface area contributed by atoms with Gasteiger partial charge in [-0.2, -0.15) is 10.4 Å². The predicted molar refractivity (Wildman–Crippen MR) is 170 cm³/mol. The zero-order chi connectivity index (χ0) is 30.1. The lowest BCUT2D eigenvalue weighted by molar-refractivity contribution is 0.234. The summed E-state index contributed by atoms with van der Waals surface area (Å²) in [6.45, 7) is 5.21. The van der Waals surface area contributed by atoms with E-state index in [1.807, 2.05) is 38.1 Å². The van der Waals surface area contributed by atoms with E-state index in [0.717, 1.165) is 59.6 Å². The maximum absolute atomic E-state index is 12.3. The molecule has 0 saturated carbocycles. The molecule has 5 rings (SSSR count). The van der Waals surface area contributed by atoms with Gasteiger partial charge in [-0.15, -0.1) is 0 Å². The second-order valence-electron chi connectivity index (χ2n) is 10.8. The largest absolute Gasteiger partial charge is 0.326 e. The minimum Gasteiger partial charge on any atom is -0.326 e. The molecule has 2 aliphatic heterocycles. The van der Waals surface area contributed by atoms with Crippen LogP contribution in [0.25, 0.3) is 0 Å². The summed E-state index contributed by atoms with van der Waals surface area (Å²) >= 11 is 1.28. The van der Waals surface area contributed by atoms with E-state index < -0.39 is 14.8 Å². The molecule has 0 bridgehead atoms. The second kappa shape index (κ2) is 11.6. The molecule has 0 saturated heterocycles. The van der Waals surface area contributed by atoms with Gasteiger partial charge in [0.25, 0.3) is 0 Å². The highest BCUT2D eigenvalue weighted by atomic mass is 32.2. The molecule has 0 atom stereocenters. The van der Waals surface area contributed by atoms with Crippen molar-refractivity contribution >= 4 is 49.9 Å². The molecule has 0 aromatic heterocycles. The number of thioether (sulfide) groups is 1. The summed E-state index contributed by atoms with van der Waals surface area (Å²) in [5.74, 6) is 0.794. The van der Waals surface area contributed by atoms with E-state index >= 15 is 0 Å². The fourth-order valence-corrected chi connectivity index (χ4v) is 6.53. The van der Waals surface area contributed by atoms with Gasteiger partial charge in [-0.3, -0.25) is 14.5 Å². The molecule has 2 heterocycles. The number of benzene rings is 3. The van der Waals surface area contributed by atoms with Crippen molar-refractivity contribution in [3.63, 3.8) is 0 Å². The van der Waals surface area contributed by atoms with Gasteiger partial charge < -0.3 is 4.90 Å². The van der Waals surface area contributed by atoms with Crippen molar-refractivity contribution in [2.75, 3.05) is 29.5 Å². The van der Waals surface area contributed by atoms with E-state index in [2.05, 4.69) is 39.0 Å². The fraction of sp³-hybridized carbons (Fsp3) is 0.290. The van der Waals surface area contributed by atoms with Crippen LogP contribution in [0.2, 0.25) is 0 Å². The molecule has 9 nitrogen and oxygen atoms in total. The van der Waals surface area contributed by atoms with E-state index in [-0.39, 0.29) is 5.24 Å². The van der Waals surface area contributed by atoms with Crippen LogP contribution in [0.5, 0.6) is 0 Å². The molecule has 3 aromatic rings. The number of fused-ring (bicyclic) bond motifs is 1. The number of amides is 1. The van der Waals surface area contributed by atoms with Crippen molar-refractivity contribution in [3.8, 4) is 6.07 Å². The second-order valence-corrected chi connectivity index (χ2v) is 14.2. The van der Waals surface area contributed by atoms with Crippen LogP contribution >= 0.6 is 11.8 Å². The molecule has 2 aliphatic rings. The zero-order valence-electron chi connectivity index (χ0n) is 24.0. The van der Waals surface area contributed by atoms with Gasteiger partial charge in [-0.05, 0) is 91.9 Å². The molecule has 0 aliphatic carbocycles. The number of amidine groups is 1. The van der Waals surface area contributed by atoms with E-state index in [1.165, 1.54) is 22.3 Å². The number of hydrazone groups is 1. The van der Waals surface area contributed by atoms with Gasteiger partial charge in [-0.25, -0.2) is 13.4 Å². The molecule has 1 N–H and O–H groups in total. The number of nitrogens with zero attached hydrogens (tertiary/aromatic N) is 5. The lowest BCUT2D eigenvalue weighted by atomic mass is 9.93. The summed E-state index contributed by atoms with van der Waals surface area (Å²) < 4.78 is 25.2. The Morgan fingerprint density at radius 2 is 1.83 bits per heavy atom. The van der Waals surface area contributed by atoms with Crippen molar-refractivity contribution in [1.29, 1.82) is 5.26 Å². The third-order valence-electron chi connectivity index (χ3n) is 7.09. The Hall–Kier alpha value is -4.14. The van der Waals surface area contributed by atoms with E-state index in [0.29, 0.717) is 17.8 Å². The van der Waals surface area contributed by atoms with Gasteiger partial charge >= 0.3 is 5.24 Å². The van der Waals surface area contributed by atoms with Gasteiger partial charge in [0.1, 0.15) is 5.84 Å². The number of aliphatic imine (C=N–C) groups is 1. The summed E-state index contributed by atoms with van der Waals surface area (Å²) in [6.07, 6.45) is 2.96. The highest BCUT2D eigenvalue weighted by Crippen LogP contribution is 2.37. The number of carbonyl (C=O) groups excluding carboxylic acids is 1. The van der Waals surface area contributed by atoms with Crippen molar-refractivity contribution in [3.05, 3.63) is 94.5 Å². The molecule has 0 spiro atoms. The molecule has 0 unspecified atom stereocenters. The minimum absolute atomic E-state index is 0.0718.